The van der Waals surface area contributed by atoms with E-state index in [0.717, 1.165) is 0 Å². The van der Waals surface area contributed by atoms with Crippen LogP contribution < -0.4 is 15.8 Å². The van der Waals surface area contributed by atoms with E-state index in [1.54, 1.807) is 18.2 Å². The molecule has 1 rings (SSSR count). The molecule has 0 saturated carbocycles. The number of rotatable bonds is 8. The van der Waals surface area contributed by atoms with Crippen LogP contribution in [-0.2, 0) is 4.79 Å². The van der Waals surface area contributed by atoms with E-state index in [4.69, 9.17) is 33.7 Å². The quantitative estimate of drug-likeness (QED) is 0.678. The predicted octanol–water partition coefficient (Wildman–Crippen LogP) is 1.98. The maximum Gasteiger partial charge on any atom is 0.219 e. The summed E-state index contributed by atoms with van der Waals surface area (Å²) in [6.45, 7) is 4.01. The first-order valence-electron chi connectivity index (χ1n) is 6.49. The zero-order chi connectivity index (χ0) is 16.0. The molecule has 21 heavy (non-hydrogen) atoms. The van der Waals surface area contributed by atoms with Gasteiger partial charge in [0.1, 0.15) is 18.5 Å². The predicted molar refractivity (Wildman–Crippen MR) is 83.9 cm³/mol. The second-order valence-corrected chi connectivity index (χ2v) is 6.29. The molecular weight excluding hydrogens is 315 g/mol. The number of hydrogen-bond acceptors (Lipinski definition) is 4. The third-order valence-corrected chi connectivity index (χ3v) is 3.29. The highest BCUT2D eigenvalue weighted by molar-refractivity contribution is 6.35. The Morgan fingerprint density at radius 2 is 2.14 bits per heavy atom. The first-order chi connectivity index (χ1) is 9.69. The normalized spacial score (nSPS) is 13.0. The van der Waals surface area contributed by atoms with Crippen molar-refractivity contribution < 1.29 is 14.6 Å². The number of β-amino-alcohol motifs (C(OH)–C–C–N with tert-alkyl or cyclic N) is 1. The van der Waals surface area contributed by atoms with E-state index in [1.807, 2.05) is 13.8 Å². The first kappa shape index (κ1) is 18.0. The smallest absolute Gasteiger partial charge is 0.219 e. The molecule has 1 aromatic carbocycles. The molecule has 118 valence electrons. The molecule has 1 unspecified atom stereocenters. The summed E-state index contributed by atoms with van der Waals surface area (Å²) in [6, 6.07) is 4.87. The molecule has 1 amide bonds. The molecule has 1 atom stereocenters. The Bertz CT molecular complexity index is 495. The third kappa shape index (κ3) is 7.00. The van der Waals surface area contributed by atoms with Crippen LogP contribution >= 0.6 is 23.2 Å². The molecule has 0 aliphatic heterocycles. The Labute approximate surface area is 134 Å². The standard InChI is InChI=1S/C14H20Cl2N2O3/c1-14(2,6-13(17)20)18-7-10(19)8-21-12-4-3-9(15)5-11(12)16/h3-5,10,18-19H,6-8H2,1-2H3,(H2,17,20). The van der Waals surface area contributed by atoms with Crippen LogP contribution in [0.1, 0.15) is 20.3 Å². The highest BCUT2D eigenvalue weighted by Crippen LogP contribution is 2.27. The van der Waals surface area contributed by atoms with Crippen LogP contribution in [0, 0.1) is 0 Å². The van der Waals surface area contributed by atoms with Gasteiger partial charge in [0.25, 0.3) is 0 Å². The van der Waals surface area contributed by atoms with Crippen molar-refractivity contribution in [1.29, 1.82) is 0 Å². The van der Waals surface area contributed by atoms with E-state index in [-0.39, 0.29) is 19.6 Å². The first-order valence-corrected chi connectivity index (χ1v) is 7.24. The van der Waals surface area contributed by atoms with Gasteiger partial charge in [-0.05, 0) is 32.0 Å². The average molecular weight is 335 g/mol. The van der Waals surface area contributed by atoms with Crippen molar-refractivity contribution in [2.45, 2.75) is 31.9 Å². The number of carbonyl (C=O) groups excluding carboxylic acids is 1. The largest absolute Gasteiger partial charge is 0.489 e. The van der Waals surface area contributed by atoms with Gasteiger partial charge in [-0.2, -0.15) is 0 Å². The Balaban J connectivity index is 2.40. The number of aliphatic hydroxyl groups excluding tert-OH is 1. The van der Waals surface area contributed by atoms with Gasteiger partial charge in [-0.25, -0.2) is 0 Å². The highest BCUT2D eigenvalue weighted by Gasteiger charge is 2.21. The number of primary amides is 1. The van der Waals surface area contributed by atoms with E-state index in [2.05, 4.69) is 5.32 Å². The lowest BCUT2D eigenvalue weighted by Crippen LogP contribution is -2.46. The number of nitrogens with two attached hydrogens (primary N) is 1. The van der Waals surface area contributed by atoms with E-state index in [1.165, 1.54) is 0 Å². The number of carbonyl (C=O) groups is 1. The van der Waals surface area contributed by atoms with Gasteiger partial charge in [0.15, 0.2) is 0 Å². The summed E-state index contributed by atoms with van der Waals surface area (Å²) in [6.07, 6.45) is -0.562. The third-order valence-electron chi connectivity index (χ3n) is 2.76. The van der Waals surface area contributed by atoms with Gasteiger partial charge >= 0.3 is 0 Å². The lowest BCUT2D eigenvalue weighted by Gasteiger charge is -2.26. The van der Waals surface area contributed by atoms with E-state index < -0.39 is 17.6 Å². The molecular formula is C14H20Cl2N2O3. The van der Waals surface area contributed by atoms with Crippen LogP contribution in [0.25, 0.3) is 0 Å². The van der Waals surface area contributed by atoms with Crippen LogP contribution in [0.4, 0.5) is 0 Å². The van der Waals surface area contributed by atoms with Crippen molar-refractivity contribution in [3.63, 3.8) is 0 Å². The van der Waals surface area contributed by atoms with Gasteiger partial charge < -0.3 is 20.9 Å². The Morgan fingerprint density at radius 1 is 1.48 bits per heavy atom. The summed E-state index contributed by atoms with van der Waals surface area (Å²) in [7, 11) is 0. The van der Waals surface area contributed by atoms with Crippen molar-refractivity contribution >= 4 is 29.1 Å². The summed E-state index contributed by atoms with van der Waals surface area (Å²) >= 11 is 11.7. The fourth-order valence-electron chi connectivity index (χ4n) is 1.73. The maximum absolute atomic E-state index is 10.9. The lowest BCUT2D eigenvalue weighted by molar-refractivity contribution is -0.119. The second kappa shape index (κ2) is 7.84. The summed E-state index contributed by atoms with van der Waals surface area (Å²) in [4.78, 5) is 10.9. The number of amides is 1. The number of benzene rings is 1. The Morgan fingerprint density at radius 3 is 2.71 bits per heavy atom. The summed E-state index contributed by atoms with van der Waals surface area (Å²) < 4.78 is 5.43. The SMILES string of the molecule is CC(C)(CC(N)=O)NCC(O)COc1ccc(Cl)cc1Cl. The van der Waals surface area contributed by atoms with Crippen molar-refractivity contribution in [2.24, 2.45) is 5.73 Å². The van der Waals surface area contributed by atoms with Gasteiger partial charge in [-0.15, -0.1) is 0 Å². The zero-order valence-corrected chi connectivity index (χ0v) is 13.5. The van der Waals surface area contributed by atoms with Gasteiger partial charge in [-0.1, -0.05) is 23.2 Å². The summed E-state index contributed by atoms with van der Waals surface area (Å²) in [5.74, 6) is 0.0581. The summed E-state index contributed by atoms with van der Waals surface area (Å²) in [5.41, 5.74) is 4.68. The molecule has 7 heteroatoms. The number of aliphatic hydroxyl groups is 1. The van der Waals surface area contributed by atoms with Gasteiger partial charge in [0.2, 0.25) is 5.91 Å². The number of hydrogen-bond donors (Lipinski definition) is 3. The number of halogens is 2. The van der Waals surface area contributed by atoms with Gasteiger partial charge in [0.05, 0.1) is 5.02 Å². The minimum atomic E-state index is -0.746. The average Bonchev–Trinajstić information content (AvgIpc) is 2.34. The fraction of sp³-hybridized carbons (Fsp3) is 0.500. The van der Waals surface area contributed by atoms with E-state index >= 15 is 0 Å². The van der Waals surface area contributed by atoms with Crippen LogP contribution in [0.5, 0.6) is 5.75 Å². The number of nitrogens with one attached hydrogen (secondary N) is 1. The molecule has 0 aliphatic carbocycles. The molecule has 0 aromatic heterocycles. The topological polar surface area (TPSA) is 84.6 Å². The van der Waals surface area contributed by atoms with Crippen molar-refractivity contribution in [3.8, 4) is 5.75 Å². The maximum atomic E-state index is 10.9. The monoisotopic (exact) mass is 334 g/mol. The Kier molecular flexibility index (Phi) is 6.74. The molecule has 1 aromatic rings. The van der Waals surface area contributed by atoms with E-state index in [0.29, 0.717) is 15.8 Å². The molecule has 0 aliphatic rings. The van der Waals surface area contributed by atoms with Gasteiger partial charge in [-0.3, -0.25) is 4.79 Å². The minimum Gasteiger partial charge on any atom is -0.489 e. The molecule has 0 heterocycles. The molecule has 5 nitrogen and oxygen atoms in total. The van der Waals surface area contributed by atoms with Crippen LogP contribution in [-0.4, -0.2) is 35.8 Å². The zero-order valence-electron chi connectivity index (χ0n) is 12.0. The molecule has 0 fully saturated rings. The van der Waals surface area contributed by atoms with Crippen molar-refractivity contribution in [1.82, 2.24) is 5.32 Å². The Hall–Kier alpha value is -1.01. The fourth-order valence-corrected chi connectivity index (χ4v) is 2.19. The minimum absolute atomic E-state index is 0.0704. The molecule has 0 saturated heterocycles. The highest BCUT2D eigenvalue weighted by atomic mass is 35.5. The van der Waals surface area contributed by atoms with Crippen LogP contribution in [0.15, 0.2) is 18.2 Å². The van der Waals surface area contributed by atoms with Crippen molar-refractivity contribution in [3.05, 3.63) is 28.2 Å². The second-order valence-electron chi connectivity index (χ2n) is 5.45. The van der Waals surface area contributed by atoms with Crippen LogP contribution in [0.2, 0.25) is 10.0 Å². The molecule has 0 bridgehead atoms. The molecule has 0 radical (unpaired) electrons. The molecule has 4 N–H and O–H groups in total. The lowest BCUT2D eigenvalue weighted by atomic mass is 10.0. The van der Waals surface area contributed by atoms with Gasteiger partial charge in [0, 0.05) is 23.5 Å². The molecule has 0 spiro atoms. The van der Waals surface area contributed by atoms with E-state index in [9.17, 15) is 9.90 Å². The number of ether oxygens (including phenoxy) is 1. The summed E-state index contributed by atoms with van der Waals surface area (Å²) in [5, 5.41) is 13.8. The van der Waals surface area contributed by atoms with Crippen LogP contribution in [0.3, 0.4) is 0 Å². The van der Waals surface area contributed by atoms with Crippen molar-refractivity contribution in [2.75, 3.05) is 13.2 Å².